The molecule has 132 valence electrons. The van der Waals surface area contributed by atoms with Crippen LogP contribution < -0.4 is 14.4 Å². The Kier molecular flexibility index (Phi) is 4.16. The molecule has 26 heavy (non-hydrogen) atoms. The van der Waals surface area contributed by atoms with Crippen LogP contribution in [0.4, 0.5) is 10.2 Å². The van der Waals surface area contributed by atoms with Gasteiger partial charge in [-0.2, -0.15) is 0 Å². The maximum Gasteiger partial charge on any atom is 0.266 e. The summed E-state index contributed by atoms with van der Waals surface area (Å²) in [6.45, 7) is 0.449. The molecule has 0 saturated heterocycles. The minimum absolute atomic E-state index is 0.122. The SMILES string of the molecule is COc1ccc2cc3c(nc2c1)N(C(=O)COc1ccc(F)cc1)CC3. The first-order valence-corrected chi connectivity index (χ1v) is 8.30. The lowest BCUT2D eigenvalue weighted by Crippen LogP contribution is -2.33. The van der Waals surface area contributed by atoms with Gasteiger partial charge in [-0.3, -0.25) is 9.69 Å². The van der Waals surface area contributed by atoms with Gasteiger partial charge in [-0.15, -0.1) is 0 Å². The van der Waals surface area contributed by atoms with E-state index in [0.29, 0.717) is 18.1 Å². The van der Waals surface area contributed by atoms with E-state index >= 15 is 0 Å². The average Bonchev–Trinajstić information content (AvgIpc) is 3.07. The highest BCUT2D eigenvalue weighted by Crippen LogP contribution is 2.31. The van der Waals surface area contributed by atoms with Gasteiger partial charge in [-0.25, -0.2) is 9.37 Å². The van der Waals surface area contributed by atoms with Gasteiger partial charge in [0.15, 0.2) is 6.61 Å². The number of nitrogens with zero attached hydrogens (tertiary/aromatic N) is 2. The third-order valence-electron chi connectivity index (χ3n) is 4.42. The molecule has 0 radical (unpaired) electrons. The quantitative estimate of drug-likeness (QED) is 0.723. The van der Waals surface area contributed by atoms with E-state index in [-0.39, 0.29) is 18.3 Å². The number of rotatable bonds is 4. The van der Waals surface area contributed by atoms with Crippen LogP contribution in [0.25, 0.3) is 10.9 Å². The third-order valence-corrected chi connectivity index (χ3v) is 4.42. The van der Waals surface area contributed by atoms with Crippen molar-refractivity contribution in [2.45, 2.75) is 6.42 Å². The molecule has 3 aromatic rings. The number of amides is 1. The number of carbonyl (C=O) groups is 1. The molecule has 1 aromatic heterocycles. The van der Waals surface area contributed by atoms with E-state index in [1.54, 1.807) is 12.0 Å². The largest absolute Gasteiger partial charge is 0.497 e. The van der Waals surface area contributed by atoms with Crippen molar-refractivity contribution >= 4 is 22.6 Å². The minimum Gasteiger partial charge on any atom is -0.497 e. The van der Waals surface area contributed by atoms with Crippen LogP contribution in [0.5, 0.6) is 11.5 Å². The summed E-state index contributed by atoms with van der Waals surface area (Å²) in [6.07, 6.45) is 0.757. The third kappa shape index (κ3) is 3.06. The smallest absolute Gasteiger partial charge is 0.266 e. The summed E-state index contributed by atoms with van der Waals surface area (Å²) in [5.41, 5.74) is 1.82. The van der Waals surface area contributed by atoms with E-state index < -0.39 is 0 Å². The van der Waals surface area contributed by atoms with Crippen LogP contribution in [0.1, 0.15) is 5.56 Å². The summed E-state index contributed by atoms with van der Waals surface area (Å²) in [5, 5.41) is 1.02. The van der Waals surface area contributed by atoms with E-state index in [4.69, 9.17) is 9.47 Å². The molecule has 1 aliphatic rings. The lowest BCUT2D eigenvalue weighted by molar-refractivity contribution is -0.120. The second kappa shape index (κ2) is 6.63. The Morgan fingerprint density at radius 3 is 2.69 bits per heavy atom. The van der Waals surface area contributed by atoms with Gasteiger partial charge in [-0.1, -0.05) is 0 Å². The average molecular weight is 352 g/mol. The number of anilines is 1. The fourth-order valence-electron chi connectivity index (χ4n) is 3.06. The van der Waals surface area contributed by atoms with Crippen molar-refractivity contribution < 1.29 is 18.7 Å². The second-order valence-corrected chi connectivity index (χ2v) is 6.07. The molecule has 0 bridgehead atoms. The van der Waals surface area contributed by atoms with Gasteiger partial charge >= 0.3 is 0 Å². The molecule has 0 fully saturated rings. The van der Waals surface area contributed by atoms with E-state index in [0.717, 1.165) is 28.6 Å². The number of carbonyl (C=O) groups excluding carboxylic acids is 1. The molecule has 0 spiro atoms. The molecule has 6 heteroatoms. The van der Waals surface area contributed by atoms with Crippen molar-refractivity contribution in [1.82, 2.24) is 4.98 Å². The van der Waals surface area contributed by atoms with Crippen LogP contribution in [0.2, 0.25) is 0 Å². The maximum atomic E-state index is 12.9. The fourth-order valence-corrected chi connectivity index (χ4v) is 3.06. The van der Waals surface area contributed by atoms with Gasteiger partial charge in [0, 0.05) is 18.0 Å². The van der Waals surface area contributed by atoms with E-state index in [9.17, 15) is 9.18 Å². The lowest BCUT2D eigenvalue weighted by Gasteiger charge is -2.17. The first-order valence-electron chi connectivity index (χ1n) is 8.30. The summed E-state index contributed by atoms with van der Waals surface area (Å²) < 4.78 is 23.6. The van der Waals surface area contributed by atoms with Crippen LogP contribution in [-0.4, -0.2) is 31.2 Å². The number of pyridine rings is 1. The maximum absolute atomic E-state index is 12.9. The molecule has 2 aromatic carbocycles. The van der Waals surface area contributed by atoms with Gasteiger partial charge in [0.1, 0.15) is 23.1 Å². The molecule has 4 rings (SSSR count). The zero-order chi connectivity index (χ0) is 18.1. The molecule has 2 heterocycles. The topological polar surface area (TPSA) is 51.7 Å². The summed E-state index contributed by atoms with van der Waals surface area (Å²) in [7, 11) is 1.61. The molecule has 0 atom stereocenters. The molecule has 0 N–H and O–H groups in total. The number of fused-ring (bicyclic) bond motifs is 2. The summed E-state index contributed by atoms with van der Waals surface area (Å²) >= 11 is 0. The molecule has 0 saturated carbocycles. The Labute approximate surface area is 150 Å². The minimum atomic E-state index is -0.344. The zero-order valence-corrected chi connectivity index (χ0v) is 14.2. The van der Waals surface area contributed by atoms with Gasteiger partial charge in [0.25, 0.3) is 5.91 Å². The molecule has 1 aliphatic heterocycles. The normalized spacial score (nSPS) is 12.9. The summed E-state index contributed by atoms with van der Waals surface area (Å²) in [4.78, 5) is 18.9. The van der Waals surface area contributed by atoms with Crippen molar-refractivity contribution in [3.05, 3.63) is 59.9 Å². The van der Waals surface area contributed by atoms with Crippen LogP contribution in [0.15, 0.2) is 48.5 Å². The molecular formula is C20H17FN2O3. The van der Waals surface area contributed by atoms with Crippen LogP contribution >= 0.6 is 0 Å². The molecule has 1 amide bonds. The number of benzene rings is 2. The van der Waals surface area contributed by atoms with Crippen molar-refractivity contribution in [2.75, 3.05) is 25.2 Å². The van der Waals surface area contributed by atoms with Gasteiger partial charge in [-0.05, 0) is 54.4 Å². The van der Waals surface area contributed by atoms with Crippen molar-refractivity contribution in [2.24, 2.45) is 0 Å². The van der Waals surface area contributed by atoms with Crippen molar-refractivity contribution in [3.8, 4) is 11.5 Å². The highest BCUT2D eigenvalue weighted by Gasteiger charge is 2.27. The standard InChI is InChI=1S/C20H17FN2O3/c1-25-17-5-2-13-10-14-8-9-23(20(14)22-18(13)11-17)19(24)12-26-16-6-3-15(21)4-7-16/h2-7,10-11H,8-9,12H2,1H3. The van der Waals surface area contributed by atoms with Gasteiger partial charge in [0.2, 0.25) is 0 Å². The van der Waals surface area contributed by atoms with Crippen LogP contribution in [0, 0.1) is 5.82 Å². The summed E-state index contributed by atoms with van der Waals surface area (Å²) in [6, 6.07) is 13.4. The Hall–Kier alpha value is -3.15. The van der Waals surface area contributed by atoms with E-state index in [1.807, 2.05) is 18.2 Å². The molecule has 0 aliphatic carbocycles. The number of methoxy groups -OCH3 is 1. The predicted octanol–water partition coefficient (Wildman–Crippen LogP) is 3.35. The molecule has 5 nitrogen and oxygen atoms in total. The number of hydrogen-bond acceptors (Lipinski definition) is 4. The van der Waals surface area contributed by atoms with Gasteiger partial charge in [0.05, 0.1) is 12.6 Å². The first-order chi connectivity index (χ1) is 12.6. The van der Waals surface area contributed by atoms with Gasteiger partial charge < -0.3 is 9.47 Å². The highest BCUT2D eigenvalue weighted by molar-refractivity contribution is 5.97. The predicted molar refractivity (Wildman–Crippen MR) is 96.2 cm³/mol. The number of ether oxygens (including phenoxy) is 2. The number of aromatic nitrogens is 1. The Morgan fingerprint density at radius 2 is 1.92 bits per heavy atom. The van der Waals surface area contributed by atoms with Crippen LogP contribution in [-0.2, 0) is 11.2 Å². The number of hydrogen-bond donors (Lipinski definition) is 0. The lowest BCUT2D eigenvalue weighted by atomic mass is 10.1. The van der Waals surface area contributed by atoms with Crippen molar-refractivity contribution in [1.29, 1.82) is 0 Å². The Bertz CT molecular complexity index is 973. The first kappa shape index (κ1) is 16.3. The second-order valence-electron chi connectivity index (χ2n) is 6.07. The number of halogens is 1. The monoisotopic (exact) mass is 352 g/mol. The van der Waals surface area contributed by atoms with Crippen LogP contribution in [0.3, 0.4) is 0 Å². The fraction of sp³-hybridized carbons (Fsp3) is 0.200. The summed E-state index contributed by atoms with van der Waals surface area (Å²) in [5.74, 6) is 1.32. The Balaban J connectivity index is 1.55. The highest BCUT2D eigenvalue weighted by atomic mass is 19.1. The molecular weight excluding hydrogens is 335 g/mol. The van der Waals surface area contributed by atoms with E-state index in [2.05, 4.69) is 11.1 Å². The van der Waals surface area contributed by atoms with E-state index in [1.165, 1.54) is 24.3 Å². The van der Waals surface area contributed by atoms with Crippen molar-refractivity contribution in [3.63, 3.8) is 0 Å². The molecule has 0 unspecified atom stereocenters. The zero-order valence-electron chi connectivity index (χ0n) is 14.2. The Morgan fingerprint density at radius 1 is 1.15 bits per heavy atom.